The van der Waals surface area contributed by atoms with Crippen LogP contribution in [0.3, 0.4) is 0 Å². The summed E-state index contributed by atoms with van der Waals surface area (Å²) in [7, 11) is 1.05. The standard InChI is InChI=1S/C13H9F3N2O5/c1-23-11(21)7-4-6(2-3-8(7)19)18-10(20)5-9(13(14,15)16)17-12(18)22/h2-5,19H,1H3,(H,17,22). The Balaban J connectivity index is 2.67. The molecule has 0 amide bonds. The molecule has 0 radical (unpaired) electrons. The summed E-state index contributed by atoms with van der Waals surface area (Å²) < 4.78 is 42.4. The van der Waals surface area contributed by atoms with Crippen LogP contribution in [0.15, 0.2) is 33.9 Å². The van der Waals surface area contributed by atoms with Crippen molar-refractivity contribution in [1.82, 2.24) is 9.55 Å². The number of halogens is 3. The first-order chi connectivity index (χ1) is 10.6. The minimum absolute atomic E-state index is 0.205. The number of nitrogens with one attached hydrogen (secondary N) is 1. The topological polar surface area (TPSA) is 101 Å². The highest BCUT2D eigenvalue weighted by molar-refractivity contribution is 5.93. The van der Waals surface area contributed by atoms with Crippen molar-refractivity contribution in [2.45, 2.75) is 6.18 Å². The number of aromatic hydroxyl groups is 1. The SMILES string of the molecule is COC(=O)c1cc(-n2c(=O)cc(C(F)(F)F)[nH]c2=O)ccc1O. The first-order valence-corrected chi connectivity index (χ1v) is 6.00. The van der Waals surface area contributed by atoms with Crippen molar-refractivity contribution in [3.63, 3.8) is 0 Å². The van der Waals surface area contributed by atoms with E-state index < -0.39 is 34.8 Å². The number of carbonyl (C=O) groups is 1. The normalized spacial score (nSPS) is 11.3. The number of carbonyl (C=O) groups excluding carboxylic acids is 1. The number of phenolic OH excluding ortho intramolecular Hbond substituents is 1. The summed E-state index contributed by atoms with van der Waals surface area (Å²) in [4.78, 5) is 36.6. The molecule has 0 saturated heterocycles. The van der Waals surface area contributed by atoms with Crippen LogP contribution in [0.4, 0.5) is 13.2 Å². The molecule has 0 aliphatic carbocycles. The molecule has 0 fully saturated rings. The molecule has 1 heterocycles. The van der Waals surface area contributed by atoms with Gasteiger partial charge in [-0.05, 0) is 18.2 Å². The third kappa shape index (κ3) is 3.10. The molecule has 0 spiro atoms. The number of hydrogen-bond donors (Lipinski definition) is 2. The van der Waals surface area contributed by atoms with Crippen LogP contribution in [0.2, 0.25) is 0 Å². The van der Waals surface area contributed by atoms with Crippen molar-refractivity contribution in [2.75, 3.05) is 7.11 Å². The molecule has 10 heteroatoms. The first-order valence-electron chi connectivity index (χ1n) is 6.00. The smallest absolute Gasteiger partial charge is 0.431 e. The molecule has 1 aromatic heterocycles. The summed E-state index contributed by atoms with van der Waals surface area (Å²) in [5.74, 6) is -1.42. The number of alkyl halides is 3. The molecule has 0 aliphatic heterocycles. The largest absolute Gasteiger partial charge is 0.507 e. The number of aromatic nitrogens is 2. The van der Waals surface area contributed by atoms with Crippen LogP contribution in [0.25, 0.3) is 5.69 Å². The first kappa shape index (κ1) is 16.3. The summed E-state index contributed by atoms with van der Waals surface area (Å²) in [6.07, 6.45) is -4.89. The second-order valence-corrected chi connectivity index (χ2v) is 4.35. The van der Waals surface area contributed by atoms with E-state index in [4.69, 9.17) is 0 Å². The highest BCUT2D eigenvalue weighted by atomic mass is 19.4. The van der Waals surface area contributed by atoms with Gasteiger partial charge in [-0.15, -0.1) is 0 Å². The van der Waals surface area contributed by atoms with Crippen molar-refractivity contribution < 1.29 is 27.8 Å². The van der Waals surface area contributed by atoms with E-state index in [9.17, 15) is 32.7 Å². The van der Waals surface area contributed by atoms with Gasteiger partial charge in [0.1, 0.15) is 17.0 Å². The van der Waals surface area contributed by atoms with Crippen LogP contribution in [0.5, 0.6) is 5.75 Å². The zero-order valence-electron chi connectivity index (χ0n) is 11.5. The molecule has 23 heavy (non-hydrogen) atoms. The Morgan fingerprint density at radius 1 is 1.26 bits per heavy atom. The van der Waals surface area contributed by atoms with E-state index in [1.807, 2.05) is 0 Å². The number of benzene rings is 1. The Bertz CT molecular complexity index is 851. The Hall–Kier alpha value is -3.04. The maximum absolute atomic E-state index is 12.5. The van der Waals surface area contributed by atoms with Crippen molar-refractivity contribution >= 4 is 5.97 Å². The van der Waals surface area contributed by atoms with Crippen molar-refractivity contribution in [2.24, 2.45) is 0 Å². The van der Waals surface area contributed by atoms with Gasteiger partial charge in [0.15, 0.2) is 0 Å². The molecule has 7 nitrogen and oxygen atoms in total. The van der Waals surface area contributed by atoms with Crippen molar-refractivity contribution in [3.8, 4) is 11.4 Å². The molecule has 0 saturated carbocycles. The number of aromatic amines is 1. The molecule has 0 aliphatic rings. The maximum atomic E-state index is 12.5. The average Bonchev–Trinajstić information content (AvgIpc) is 2.46. The van der Waals surface area contributed by atoms with E-state index >= 15 is 0 Å². The second kappa shape index (κ2) is 5.63. The van der Waals surface area contributed by atoms with Crippen molar-refractivity contribution in [1.29, 1.82) is 0 Å². The van der Waals surface area contributed by atoms with Gasteiger partial charge >= 0.3 is 17.8 Å². The number of rotatable bonds is 2. The molecule has 0 unspecified atom stereocenters. The van der Waals surface area contributed by atoms with Crippen LogP contribution < -0.4 is 11.2 Å². The number of phenols is 1. The lowest BCUT2D eigenvalue weighted by Gasteiger charge is -2.10. The molecular formula is C13H9F3N2O5. The average molecular weight is 330 g/mol. The molecule has 2 aromatic rings. The van der Waals surface area contributed by atoms with Gasteiger partial charge in [0.05, 0.1) is 12.8 Å². The van der Waals surface area contributed by atoms with Crippen LogP contribution in [0.1, 0.15) is 16.1 Å². The van der Waals surface area contributed by atoms with Gasteiger partial charge in [-0.25, -0.2) is 14.2 Å². The predicted molar refractivity (Wildman–Crippen MR) is 70.7 cm³/mol. The molecule has 2 N–H and O–H groups in total. The Morgan fingerprint density at radius 2 is 1.91 bits per heavy atom. The number of methoxy groups -OCH3 is 1. The zero-order chi connectivity index (χ0) is 17.4. The zero-order valence-corrected chi connectivity index (χ0v) is 11.5. The van der Waals surface area contributed by atoms with E-state index in [0.717, 1.165) is 25.3 Å². The van der Waals surface area contributed by atoms with E-state index in [2.05, 4.69) is 4.74 Å². The lowest BCUT2D eigenvalue weighted by molar-refractivity contribution is -0.141. The molecule has 0 atom stereocenters. The fourth-order valence-corrected chi connectivity index (χ4v) is 1.83. The van der Waals surface area contributed by atoms with E-state index in [0.29, 0.717) is 4.57 Å². The lowest BCUT2D eigenvalue weighted by Crippen LogP contribution is -2.35. The molecule has 0 bridgehead atoms. The van der Waals surface area contributed by atoms with Gasteiger partial charge in [-0.2, -0.15) is 13.2 Å². The quantitative estimate of drug-likeness (QED) is 0.801. The lowest BCUT2D eigenvalue weighted by atomic mass is 10.1. The Kier molecular flexibility index (Phi) is 4.00. The van der Waals surface area contributed by atoms with Crippen LogP contribution in [-0.4, -0.2) is 27.7 Å². The van der Waals surface area contributed by atoms with Crippen molar-refractivity contribution in [3.05, 3.63) is 56.4 Å². The van der Waals surface area contributed by atoms with Crippen LogP contribution in [0, 0.1) is 0 Å². The fraction of sp³-hybridized carbons (Fsp3) is 0.154. The number of hydrogen-bond acceptors (Lipinski definition) is 5. The second-order valence-electron chi connectivity index (χ2n) is 4.35. The molecule has 122 valence electrons. The fourth-order valence-electron chi connectivity index (χ4n) is 1.83. The van der Waals surface area contributed by atoms with Gasteiger partial charge in [0, 0.05) is 6.07 Å². The van der Waals surface area contributed by atoms with Gasteiger partial charge in [0.2, 0.25) is 0 Å². The number of esters is 1. The third-order valence-electron chi connectivity index (χ3n) is 2.88. The summed E-state index contributed by atoms with van der Waals surface area (Å²) in [5.41, 5.74) is -4.64. The number of ether oxygens (including phenoxy) is 1. The van der Waals surface area contributed by atoms with Crippen LogP contribution >= 0.6 is 0 Å². The Labute approximate surface area is 125 Å². The minimum atomic E-state index is -4.89. The van der Waals surface area contributed by atoms with Crippen LogP contribution in [-0.2, 0) is 10.9 Å². The molecule has 2 rings (SSSR count). The monoisotopic (exact) mass is 330 g/mol. The van der Waals surface area contributed by atoms with Gasteiger partial charge in [0.25, 0.3) is 5.56 Å². The summed E-state index contributed by atoms with van der Waals surface area (Å²) in [6, 6.07) is 3.26. The summed E-state index contributed by atoms with van der Waals surface area (Å²) in [6.45, 7) is 0. The predicted octanol–water partition coefficient (Wildman–Crippen LogP) is 1.04. The Morgan fingerprint density at radius 3 is 2.43 bits per heavy atom. The van der Waals surface area contributed by atoms with E-state index in [1.54, 1.807) is 0 Å². The van der Waals surface area contributed by atoms with E-state index in [-0.39, 0.29) is 17.3 Å². The summed E-state index contributed by atoms with van der Waals surface area (Å²) >= 11 is 0. The number of H-pyrrole nitrogens is 1. The molecule has 1 aromatic carbocycles. The highest BCUT2D eigenvalue weighted by Crippen LogP contribution is 2.26. The van der Waals surface area contributed by atoms with E-state index in [1.165, 1.54) is 4.98 Å². The minimum Gasteiger partial charge on any atom is -0.507 e. The molecular weight excluding hydrogens is 321 g/mol. The summed E-state index contributed by atoms with van der Waals surface area (Å²) in [5, 5.41) is 9.55. The number of nitrogens with zero attached hydrogens (tertiary/aromatic N) is 1. The van der Waals surface area contributed by atoms with Gasteiger partial charge in [-0.1, -0.05) is 0 Å². The van der Waals surface area contributed by atoms with Gasteiger partial charge < -0.3 is 14.8 Å². The van der Waals surface area contributed by atoms with Gasteiger partial charge in [-0.3, -0.25) is 4.79 Å². The highest BCUT2D eigenvalue weighted by Gasteiger charge is 2.33. The third-order valence-corrected chi connectivity index (χ3v) is 2.88. The maximum Gasteiger partial charge on any atom is 0.431 e.